The van der Waals surface area contributed by atoms with Gasteiger partial charge in [0, 0.05) is 20.0 Å². The van der Waals surface area contributed by atoms with Crippen LogP contribution >= 0.6 is 0 Å². The maximum atomic E-state index is 11.7. The third-order valence-corrected chi connectivity index (χ3v) is 3.41. The minimum absolute atomic E-state index is 0.114. The quantitative estimate of drug-likeness (QED) is 0.762. The Morgan fingerprint density at radius 3 is 2.67 bits per heavy atom. The molecule has 0 aliphatic carbocycles. The van der Waals surface area contributed by atoms with Gasteiger partial charge in [0.1, 0.15) is 0 Å². The maximum absolute atomic E-state index is 11.7. The van der Waals surface area contributed by atoms with E-state index in [0.29, 0.717) is 0 Å². The molecule has 0 atom stereocenters. The molecular formula is C15H22N2O. The van der Waals surface area contributed by atoms with Crippen molar-refractivity contribution in [3.63, 3.8) is 0 Å². The lowest BCUT2D eigenvalue weighted by Gasteiger charge is -2.24. The molecule has 0 unspecified atom stereocenters. The van der Waals surface area contributed by atoms with Gasteiger partial charge in [-0.1, -0.05) is 26.8 Å². The smallest absolute Gasteiger partial charge is 0.223 e. The molecule has 18 heavy (non-hydrogen) atoms. The zero-order valence-corrected chi connectivity index (χ0v) is 11.7. The van der Waals surface area contributed by atoms with E-state index in [1.165, 1.54) is 5.56 Å². The first-order valence-corrected chi connectivity index (χ1v) is 6.56. The lowest BCUT2D eigenvalue weighted by Crippen LogP contribution is -2.29. The first kappa shape index (κ1) is 12.9. The van der Waals surface area contributed by atoms with Crippen molar-refractivity contribution in [1.29, 1.82) is 0 Å². The van der Waals surface area contributed by atoms with Crippen molar-refractivity contribution >= 4 is 17.3 Å². The molecule has 1 aliphatic heterocycles. The molecule has 1 aromatic carbocycles. The molecule has 0 saturated carbocycles. The molecule has 1 heterocycles. The predicted molar refractivity (Wildman–Crippen MR) is 76.3 cm³/mol. The summed E-state index contributed by atoms with van der Waals surface area (Å²) in [4.78, 5) is 13.6. The second kappa shape index (κ2) is 4.63. The van der Waals surface area contributed by atoms with Gasteiger partial charge in [0.2, 0.25) is 5.91 Å². The van der Waals surface area contributed by atoms with Gasteiger partial charge in [-0.05, 0) is 29.5 Å². The summed E-state index contributed by atoms with van der Waals surface area (Å²) in [6.07, 6.45) is 0.985. The molecule has 0 fully saturated rings. The summed E-state index contributed by atoms with van der Waals surface area (Å²) in [7, 11) is 0. The van der Waals surface area contributed by atoms with Crippen molar-refractivity contribution in [2.45, 2.75) is 39.5 Å². The molecule has 0 spiro atoms. The maximum Gasteiger partial charge on any atom is 0.223 e. The van der Waals surface area contributed by atoms with Crippen LogP contribution in [-0.4, -0.2) is 19.0 Å². The summed E-state index contributed by atoms with van der Waals surface area (Å²) in [5, 5.41) is 3.43. The Kier molecular flexibility index (Phi) is 3.33. The van der Waals surface area contributed by atoms with E-state index >= 15 is 0 Å². The van der Waals surface area contributed by atoms with Gasteiger partial charge in [0.05, 0.1) is 11.4 Å². The highest BCUT2D eigenvalue weighted by molar-refractivity contribution is 5.95. The predicted octanol–water partition coefficient (Wildman–Crippen LogP) is 3.15. The number of nitrogens with one attached hydrogen (secondary N) is 1. The lowest BCUT2D eigenvalue weighted by atomic mass is 9.86. The minimum atomic E-state index is 0.114. The van der Waals surface area contributed by atoms with Gasteiger partial charge in [-0.2, -0.15) is 0 Å². The molecule has 0 bridgehead atoms. The van der Waals surface area contributed by atoms with E-state index in [-0.39, 0.29) is 11.3 Å². The fourth-order valence-corrected chi connectivity index (χ4v) is 2.29. The summed E-state index contributed by atoms with van der Waals surface area (Å²) in [5.41, 5.74) is 3.51. The van der Waals surface area contributed by atoms with Gasteiger partial charge in [-0.3, -0.25) is 4.79 Å². The molecular weight excluding hydrogens is 224 g/mol. The SMILES string of the molecule is CC(=O)N1CCCNc2cc(C(C)(C)C)ccc21. The fraction of sp³-hybridized carbons (Fsp3) is 0.533. The van der Waals surface area contributed by atoms with Crippen LogP contribution in [0.4, 0.5) is 11.4 Å². The van der Waals surface area contributed by atoms with E-state index in [4.69, 9.17) is 0 Å². The Labute approximate surface area is 109 Å². The standard InChI is InChI=1S/C15H22N2O/c1-11(18)17-9-5-8-16-13-10-12(15(2,3)4)6-7-14(13)17/h6-7,10,16H,5,8-9H2,1-4H3. The molecule has 2 rings (SSSR count). The van der Waals surface area contributed by atoms with E-state index in [2.05, 4.69) is 44.3 Å². The van der Waals surface area contributed by atoms with Gasteiger partial charge in [-0.25, -0.2) is 0 Å². The van der Waals surface area contributed by atoms with Crippen molar-refractivity contribution in [3.8, 4) is 0 Å². The lowest BCUT2D eigenvalue weighted by molar-refractivity contribution is -0.116. The van der Waals surface area contributed by atoms with Crippen LogP contribution in [0, 0.1) is 0 Å². The van der Waals surface area contributed by atoms with Crippen LogP contribution in [0.5, 0.6) is 0 Å². The molecule has 0 aromatic heterocycles. The number of fused-ring (bicyclic) bond motifs is 1. The van der Waals surface area contributed by atoms with E-state index < -0.39 is 0 Å². The highest BCUT2D eigenvalue weighted by atomic mass is 16.2. The second-order valence-corrected chi connectivity index (χ2v) is 5.93. The van der Waals surface area contributed by atoms with Gasteiger partial charge in [0.15, 0.2) is 0 Å². The highest BCUT2D eigenvalue weighted by Gasteiger charge is 2.21. The monoisotopic (exact) mass is 246 g/mol. The topological polar surface area (TPSA) is 32.3 Å². The Balaban J connectivity index is 2.46. The molecule has 3 heteroatoms. The van der Waals surface area contributed by atoms with Crippen molar-refractivity contribution < 1.29 is 4.79 Å². The van der Waals surface area contributed by atoms with E-state index in [1.54, 1.807) is 6.92 Å². The fourth-order valence-electron chi connectivity index (χ4n) is 2.29. The summed E-state index contributed by atoms with van der Waals surface area (Å²) in [6.45, 7) is 9.96. The average Bonchev–Trinajstić information content (AvgIpc) is 2.48. The van der Waals surface area contributed by atoms with Gasteiger partial charge < -0.3 is 10.2 Å². The Bertz CT molecular complexity index is 460. The molecule has 1 aromatic rings. The van der Waals surface area contributed by atoms with Gasteiger partial charge in [0.25, 0.3) is 0 Å². The number of carbonyl (C=O) groups is 1. The Morgan fingerprint density at radius 1 is 1.33 bits per heavy atom. The Hall–Kier alpha value is -1.51. The van der Waals surface area contributed by atoms with Crippen molar-refractivity contribution in [2.75, 3.05) is 23.3 Å². The normalized spacial score (nSPS) is 15.7. The van der Waals surface area contributed by atoms with Crippen LogP contribution in [0.3, 0.4) is 0 Å². The number of benzene rings is 1. The highest BCUT2D eigenvalue weighted by Crippen LogP contribution is 2.33. The second-order valence-electron chi connectivity index (χ2n) is 5.93. The number of rotatable bonds is 0. The number of hydrogen-bond acceptors (Lipinski definition) is 2. The van der Waals surface area contributed by atoms with E-state index in [9.17, 15) is 4.79 Å². The summed E-state index contributed by atoms with van der Waals surface area (Å²) in [6, 6.07) is 6.37. The van der Waals surface area contributed by atoms with Crippen LogP contribution < -0.4 is 10.2 Å². The Morgan fingerprint density at radius 2 is 2.06 bits per heavy atom. The summed E-state index contributed by atoms with van der Waals surface area (Å²) in [5.74, 6) is 0.114. The molecule has 1 amide bonds. The zero-order chi connectivity index (χ0) is 13.3. The number of amides is 1. The van der Waals surface area contributed by atoms with Crippen molar-refractivity contribution in [2.24, 2.45) is 0 Å². The molecule has 3 nitrogen and oxygen atoms in total. The number of nitrogens with zero attached hydrogens (tertiary/aromatic N) is 1. The van der Waals surface area contributed by atoms with Crippen LogP contribution in [0.1, 0.15) is 39.7 Å². The average molecular weight is 246 g/mol. The van der Waals surface area contributed by atoms with Crippen molar-refractivity contribution in [3.05, 3.63) is 23.8 Å². The van der Waals surface area contributed by atoms with Crippen LogP contribution in [0.2, 0.25) is 0 Å². The van der Waals surface area contributed by atoms with Crippen LogP contribution in [0.15, 0.2) is 18.2 Å². The zero-order valence-electron chi connectivity index (χ0n) is 11.7. The third kappa shape index (κ3) is 2.50. The van der Waals surface area contributed by atoms with Gasteiger partial charge in [-0.15, -0.1) is 0 Å². The van der Waals surface area contributed by atoms with Crippen LogP contribution in [-0.2, 0) is 10.2 Å². The van der Waals surface area contributed by atoms with E-state index in [0.717, 1.165) is 30.9 Å². The minimum Gasteiger partial charge on any atom is -0.383 e. The number of hydrogen-bond donors (Lipinski definition) is 1. The molecule has 0 radical (unpaired) electrons. The summed E-state index contributed by atoms with van der Waals surface area (Å²) < 4.78 is 0. The third-order valence-electron chi connectivity index (χ3n) is 3.41. The van der Waals surface area contributed by atoms with Crippen molar-refractivity contribution in [1.82, 2.24) is 0 Å². The van der Waals surface area contributed by atoms with Crippen LogP contribution in [0.25, 0.3) is 0 Å². The molecule has 1 N–H and O–H groups in total. The number of carbonyl (C=O) groups excluding carboxylic acids is 1. The molecule has 0 saturated heterocycles. The van der Waals surface area contributed by atoms with Gasteiger partial charge >= 0.3 is 0 Å². The van der Waals surface area contributed by atoms with E-state index in [1.807, 2.05) is 4.90 Å². The molecule has 98 valence electrons. The first-order chi connectivity index (χ1) is 8.39. The number of anilines is 2. The molecule has 1 aliphatic rings. The first-order valence-electron chi connectivity index (χ1n) is 6.56. The largest absolute Gasteiger partial charge is 0.383 e. The summed E-state index contributed by atoms with van der Waals surface area (Å²) >= 11 is 0.